The van der Waals surface area contributed by atoms with Crippen LogP contribution >= 0.6 is 0 Å². The first-order chi connectivity index (χ1) is 10.2. The molecule has 0 aliphatic carbocycles. The second kappa shape index (κ2) is 5.93. The van der Waals surface area contributed by atoms with Crippen molar-refractivity contribution in [2.45, 2.75) is 32.4 Å². The quantitative estimate of drug-likeness (QED) is 0.906. The Kier molecular flexibility index (Phi) is 4.01. The molecule has 1 amide bonds. The van der Waals surface area contributed by atoms with Gasteiger partial charge in [0.05, 0.1) is 30.0 Å². The zero-order chi connectivity index (χ0) is 14.8. The molecule has 1 N–H and O–H groups in total. The SMILES string of the molecule is CCC1COC(C)CN1C(=O)c1cccc2c1OCCN2. The molecule has 3 rings (SSSR count). The van der Waals surface area contributed by atoms with E-state index >= 15 is 0 Å². The molecule has 0 radical (unpaired) electrons. The Bertz CT molecular complexity index is 532. The molecule has 1 saturated heterocycles. The number of nitrogens with one attached hydrogen (secondary N) is 1. The smallest absolute Gasteiger partial charge is 0.258 e. The number of anilines is 1. The van der Waals surface area contributed by atoms with Crippen molar-refractivity contribution < 1.29 is 14.3 Å². The van der Waals surface area contributed by atoms with Crippen molar-refractivity contribution in [3.63, 3.8) is 0 Å². The second-order valence-corrected chi connectivity index (χ2v) is 5.62. The summed E-state index contributed by atoms with van der Waals surface area (Å²) in [6.07, 6.45) is 0.974. The van der Waals surface area contributed by atoms with Gasteiger partial charge in [0.1, 0.15) is 6.61 Å². The normalized spacial score (nSPS) is 24.8. The summed E-state index contributed by atoms with van der Waals surface area (Å²) in [7, 11) is 0. The molecule has 0 bridgehead atoms. The zero-order valence-corrected chi connectivity index (χ0v) is 12.6. The Balaban J connectivity index is 1.90. The van der Waals surface area contributed by atoms with E-state index < -0.39 is 0 Å². The summed E-state index contributed by atoms with van der Waals surface area (Å²) in [6.45, 7) is 6.70. The summed E-state index contributed by atoms with van der Waals surface area (Å²) < 4.78 is 11.4. The molecule has 2 aliphatic heterocycles. The summed E-state index contributed by atoms with van der Waals surface area (Å²) >= 11 is 0. The molecule has 114 valence electrons. The highest BCUT2D eigenvalue weighted by Gasteiger charge is 2.32. The number of benzene rings is 1. The second-order valence-electron chi connectivity index (χ2n) is 5.62. The number of ether oxygens (including phenoxy) is 2. The maximum Gasteiger partial charge on any atom is 0.258 e. The minimum Gasteiger partial charge on any atom is -0.489 e. The summed E-state index contributed by atoms with van der Waals surface area (Å²) in [6, 6.07) is 5.84. The summed E-state index contributed by atoms with van der Waals surface area (Å²) in [5.74, 6) is 0.722. The molecular weight excluding hydrogens is 268 g/mol. The van der Waals surface area contributed by atoms with Crippen molar-refractivity contribution in [3.05, 3.63) is 23.8 Å². The number of carbonyl (C=O) groups is 1. The number of hydrogen-bond acceptors (Lipinski definition) is 4. The molecule has 0 saturated carbocycles. The van der Waals surface area contributed by atoms with Gasteiger partial charge in [-0.15, -0.1) is 0 Å². The molecule has 1 aromatic rings. The van der Waals surface area contributed by atoms with Crippen LogP contribution in [0.3, 0.4) is 0 Å². The highest BCUT2D eigenvalue weighted by molar-refractivity contribution is 5.99. The van der Waals surface area contributed by atoms with E-state index in [9.17, 15) is 4.79 Å². The van der Waals surface area contributed by atoms with Gasteiger partial charge < -0.3 is 19.7 Å². The van der Waals surface area contributed by atoms with E-state index in [4.69, 9.17) is 9.47 Å². The first kappa shape index (κ1) is 14.2. The van der Waals surface area contributed by atoms with Crippen LogP contribution in [0.15, 0.2) is 18.2 Å². The van der Waals surface area contributed by atoms with E-state index in [0.717, 1.165) is 18.7 Å². The van der Waals surface area contributed by atoms with E-state index in [1.54, 1.807) is 0 Å². The standard InChI is InChI=1S/C16H22N2O3/c1-3-12-10-21-11(2)9-18(12)16(19)13-5-4-6-14-15(13)20-8-7-17-14/h4-6,11-12,17H,3,7-10H2,1-2H3. The van der Waals surface area contributed by atoms with E-state index in [2.05, 4.69) is 12.2 Å². The van der Waals surface area contributed by atoms with Crippen LogP contribution < -0.4 is 10.1 Å². The van der Waals surface area contributed by atoms with Crippen LogP contribution in [-0.4, -0.2) is 49.3 Å². The van der Waals surface area contributed by atoms with Gasteiger partial charge in [-0.05, 0) is 25.5 Å². The number of para-hydroxylation sites is 1. The molecule has 2 heterocycles. The Labute approximate surface area is 125 Å². The molecule has 1 fully saturated rings. The third-order valence-corrected chi connectivity index (χ3v) is 4.11. The first-order valence-electron chi connectivity index (χ1n) is 7.63. The Hall–Kier alpha value is -1.75. The highest BCUT2D eigenvalue weighted by Crippen LogP contribution is 2.33. The molecule has 2 aliphatic rings. The summed E-state index contributed by atoms with van der Waals surface area (Å²) in [4.78, 5) is 14.9. The van der Waals surface area contributed by atoms with Gasteiger partial charge in [0.2, 0.25) is 0 Å². The maximum atomic E-state index is 12.9. The fourth-order valence-corrected chi connectivity index (χ4v) is 2.92. The molecule has 2 atom stereocenters. The third kappa shape index (κ3) is 2.70. The van der Waals surface area contributed by atoms with E-state index in [0.29, 0.717) is 31.1 Å². The zero-order valence-electron chi connectivity index (χ0n) is 12.6. The average molecular weight is 290 g/mol. The summed E-state index contributed by atoms with van der Waals surface area (Å²) in [5.41, 5.74) is 1.55. The molecule has 0 spiro atoms. The Morgan fingerprint density at radius 3 is 3.14 bits per heavy atom. The highest BCUT2D eigenvalue weighted by atomic mass is 16.5. The molecule has 21 heavy (non-hydrogen) atoms. The van der Waals surface area contributed by atoms with Crippen molar-refractivity contribution in [3.8, 4) is 5.75 Å². The lowest BCUT2D eigenvalue weighted by Crippen LogP contribution is -2.51. The molecule has 0 aromatic heterocycles. The topological polar surface area (TPSA) is 50.8 Å². The first-order valence-corrected chi connectivity index (χ1v) is 7.63. The van der Waals surface area contributed by atoms with Crippen molar-refractivity contribution >= 4 is 11.6 Å². The molecule has 5 heteroatoms. The largest absolute Gasteiger partial charge is 0.489 e. The fraction of sp³-hybridized carbons (Fsp3) is 0.562. The van der Waals surface area contributed by atoms with Gasteiger partial charge in [-0.2, -0.15) is 0 Å². The van der Waals surface area contributed by atoms with Crippen LogP contribution in [0, 0.1) is 0 Å². The van der Waals surface area contributed by atoms with Gasteiger partial charge in [-0.25, -0.2) is 0 Å². The van der Waals surface area contributed by atoms with Gasteiger partial charge in [-0.3, -0.25) is 4.79 Å². The Morgan fingerprint density at radius 1 is 1.48 bits per heavy atom. The molecule has 5 nitrogen and oxygen atoms in total. The predicted molar refractivity (Wildman–Crippen MR) is 81.0 cm³/mol. The van der Waals surface area contributed by atoms with E-state index in [1.807, 2.05) is 30.0 Å². The number of hydrogen-bond donors (Lipinski definition) is 1. The van der Waals surface area contributed by atoms with Crippen LogP contribution in [0.5, 0.6) is 5.75 Å². The lowest BCUT2D eigenvalue weighted by Gasteiger charge is -2.38. The van der Waals surface area contributed by atoms with Crippen molar-refractivity contribution in [2.75, 3.05) is 31.6 Å². The minimum absolute atomic E-state index is 0.0394. The van der Waals surface area contributed by atoms with Crippen LogP contribution in [0.1, 0.15) is 30.6 Å². The number of fused-ring (bicyclic) bond motifs is 1. The molecular formula is C16H22N2O3. The minimum atomic E-state index is 0.0394. The van der Waals surface area contributed by atoms with Crippen LogP contribution in [0.25, 0.3) is 0 Å². The Morgan fingerprint density at radius 2 is 2.33 bits per heavy atom. The fourth-order valence-electron chi connectivity index (χ4n) is 2.92. The van der Waals surface area contributed by atoms with Crippen LogP contribution in [0.4, 0.5) is 5.69 Å². The number of amides is 1. The third-order valence-electron chi connectivity index (χ3n) is 4.11. The van der Waals surface area contributed by atoms with Gasteiger partial charge in [0.15, 0.2) is 5.75 Å². The van der Waals surface area contributed by atoms with Gasteiger partial charge in [-0.1, -0.05) is 13.0 Å². The monoisotopic (exact) mass is 290 g/mol. The number of morpholine rings is 1. The predicted octanol–water partition coefficient (Wildman–Crippen LogP) is 2.13. The maximum absolute atomic E-state index is 12.9. The molecule has 2 unspecified atom stereocenters. The van der Waals surface area contributed by atoms with Crippen LogP contribution in [-0.2, 0) is 4.74 Å². The lowest BCUT2D eigenvalue weighted by molar-refractivity contribution is -0.0445. The van der Waals surface area contributed by atoms with Gasteiger partial charge in [0, 0.05) is 13.1 Å². The number of carbonyl (C=O) groups excluding carboxylic acids is 1. The number of nitrogens with zero attached hydrogens (tertiary/aromatic N) is 1. The van der Waals surface area contributed by atoms with E-state index in [-0.39, 0.29) is 18.1 Å². The molecule has 1 aromatic carbocycles. The lowest BCUT2D eigenvalue weighted by atomic mass is 10.1. The van der Waals surface area contributed by atoms with Crippen molar-refractivity contribution in [1.82, 2.24) is 4.90 Å². The number of rotatable bonds is 2. The van der Waals surface area contributed by atoms with Gasteiger partial charge >= 0.3 is 0 Å². The average Bonchev–Trinajstić information content (AvgIpc) is 2.53. The van der Waals surface area contributed by atoms with Crippen molar-refractivity contribution in [1.29, 1.82) is 0 Å². The van der Waals surface area contributed by atoms with Gasteiger partial charge in [0.25, 0.3) is 5.91 Å². The van der Waals surface area contributed by atoms with Crippen molar-refractivity contribution in [2.24, 2.45) is 0 Å². The summed E-state index contributed by atoms with van der Waals surface area (Å²) in [5, 5.41) is 3.27. The van der Waals surface area contributed by atoms with Crippen LogP contribution in [0.2, 0.25) is 0 Å². The van der Waals surface area contributed by atoms with E-state index in [1.165, 1.54) is 0 Å².